The smallest absolute Gasteiger partial charge is 0.0570 e. The highest BCUT2D eigenvalue weighted by Gasteiger charge is 2.24. The molecule has 1 heterocycles. The fraction of sp³-hybridized carbons (Fsp3) is 0.538. The van der Waals surface area contributed by atoms with Gasteiger partial charge in [0, 0.05) is 16.2 Å². The highest BCUT2D eigenvalue weighted by Crippen LogP contribution is 2.24. The first kappa shape index (κ1) is 11.9. The summed E-state index contributed by atoms with van der Waals surface area (Å²) in [5.41, 5.74) is 1.18. The van der Waals surface area contributed by atoms with Crippen molar-refractivity contribution in [3.8, 4) is 0 Å². The fourth-order valence-corrected chi connectivity index (χ4v) is 2.74. The molecule has 0 bridgehead atoms. The fourth-order valence-electron chi connectivity index (χ4n) is 2.34. The minimum absolute atomic E-state index is 0.355. The second-order valence-electron chi connectivity index (χ2n) is 4.58. The molecule has 1 aromatic carbocycles. The number of anilines is 1. The average Bonchev–Trinajstić information content (AvgIpc) is 2.15. The van der Waals surface area contributed by atoms with Crippen LogP contribution in [0, 0.1) is 0 Å². The molecule has 2 rings (SSSR count). The first-order chi connectivity index (χ1) is 7.63. The summed E-state index contributed by atoms with van der Waals surface area (Å²) in [4.78, 5) is 0. The summed E-state index contributed by atoms with van der Waals surface area (Å²) in [6.45, 7) is 4.29. The van der Waals surface area contributed by atoms with Gasteiger partial charge in [-0.2, -0.15) is 0 Å². The number of rotatable bonds is 2. The molecule has 2 atom stereocenters. The Morgan fingerprint density at radius 1 is 1.25 bits per heavy atom. The van der Waals surface area contributed by atoms with Crippen molar-refractivity contribution in [3.05, 3.63) is 28.7 Å². The molecule has 1 fully saturated rings. The summed E-state index contributed by atoms with van der Waals surface area (Å²) in [7, 11) is 0. The number of halogens is 1. The van der Waals surface area contributed by atoms with Crippen molar-refractivity contribution in [1.82, 2.24) is 0 Å². The summed E-state index contributed by atoms with van der Waals surface area (Å²) in [6.07, 6.45) is 2.87. The Bertz CT molecular complexity index is 346. The molecule has 0 spiro atoms. The third kappa shape index (κ3) is 3.22. The zero-order chi connectivity index (χ0) is 11.5. The molecule has 1 aliphatic rings. The topological polar surface area (TPSA) is 21.3 Å². The van der Waals surface area contributed by atoms with Crippen LogP contribution in [0.5, 0.6) is 0 Å². The molecule has 0 aromatic heterocycles. The van der Waals surface area contributed by atoms with Gasteiger partial charge in [0.2, 0.25) is 0 Å². The van der Waals surface area contributed by atoms with E-state index < -0.39 is 0 Å². The van der Waals surface area contributed by atoms with Crippen LogP contribution < -0.4 is 5.32 Å². The highest BCUT2D eigenvalue weighted by atomic mass is 79.9. The maximum absolute atomic E-state index is 5.73. The van der Waals surface area contributed by atoms with Gasteiger partial charge in [-0.25, -0.2) is 0 Å². The molecule has 2 unspecified atom stereocenters. The monoisotopic (exact) mass is 283 g/mol. The molecular weight excluding hydrogens is 266 g/mol. The van der Waals surface area contributed by atoms with E-state index >= 15 is 0 Å². The summed E-state index contributed by atoms with van der Waals surface area (Å²) in [5.74, 6) is 0. The lowest BCUT2D eigenvalue weighted by atomic mass is 9.99. The Morgan fingerprint density at radius 3 is 2.56 bits per heavy atom. The lowest BCUT2D eigenvalue weighted by molar-refractivity contribution is -0.0337. The molecule has 0 radical (unpaired) electrons. The van der Waals surface area contributed by atoms with Crippen molar-refractivity contribution in [1.29, 1.82) is 0 Å². The van der Waals surface area contributed by atoms with Crippen LogP contribution in [0.1, 0.15) is 26.7 Å². The van der Waals surface area contributed by atoms with Gasteiger partial charge in [-0.3, -0.25) is 0 Å². The normalized spacial score (nSPS) is 30.1. The zero-order valence-corrected chi connectivity index (χ0v) is 11.3. The van der Waals surface area contributed by atoms with Crippen molar-refractivity contribution >= 4 is 21.6 Å². The first-order valence-electron chi connectivity index (χ1n) is 5.81. The van der Waals surface area contributed by atoms with Gasteiger partial charge < -0.3 is 10.1 Å². The number of benzene rings is 1. The van der Waals surface area contributed by atoms with Crippen LogP contribution in [0.15, 0.2) is 28.7 Å². The Labute approximate surface area is 106 Å². The molecule has 16 heavy (non-hydrogen) atoms. The minimum Gasteiger partial charge on any atom is -0.382 e. The largest absolute Gasteiger partial charge is 0.382 e. The second-order valence-corrected chi connectivity index (χ2v) is 5.50. The standard InChI is InChI=1S/C13H18BrNO/c1-9-6-13(7-10(2)16-9)15-12-5-3-4-11(14)8-12/h3-5,8-10,13,15H,6-7H2,1-2H3. The van der Waals surface area contributed by atoms with Gasteiger partial charge in [-0.1, -0.05) is 22.0 Å². The van der Waals surface area contributed by atoms with Gasteiger partial charge in [0.15, 0.2) is 0 Å². The van der Waals surface area contributed by atoms with E-state index in [1.165, 1.54) is 5.69 Å². The average molecular weight is 284 g/mol. The Hall–Kier alpha value is -0.540. The molecule has 1 aliphatic heterocycles. The highest BCUT2D eigenvalue weighted by molar-refractivity contribution is 9.10. The molecule has 0 saturated carbocycles. The van der Waals surface area contributed by atoms with Gasteiger partial charge in [0.1, 0.15) is 0 Å². The third-order valence-corrected chi connectivity index (χ3v) is 3.39. The SMILES string of the molecule is CC1CC(Nc2cccc(Br)c2)CC(C)O1. The molecule has 1 aromatic rings. The lowest BCUT2D eigenvalue weighted by Gasteiger charge is -2.33. The second kappa shape index (κ2) is 5.19. The minimum atomic E-state index is 0.355. The van der Waals surface area contributed by atoms with Crippen LogP contribution in [0.3, 0.4) is 0 Å². The van der Waals surface area contributed by atoms with Gasteiger partial charge in [0.05, 0.1) is 12.2 Å². The van der Waals surface area contributed by atoms with E-state index in [9.17, 15) is 0 Å². The number of hydrogen-bond donors (Lipinski definition) is 1. The molecule has 2 nitrogen and oxygen atoms in total. The zero-order valence-electron chi connectivity index (χ0n) is 9.74. The molecule has 1 N–H and O–H groups in total. The molecule has 1 saturated heterocycles. The maximum atomic E-state index is 5.73. The molecule has 0 amide bonds. The van der Waals surface area contributed by atoms with Crippen LogP contribution in [-0.4, -0.2) is 18.2 Å². The van der Waals surface area contributed by atoms with E-state index in [-0.39, 0.29) is 0 Å². The van der Waals surface area contributed by atoms with E-state index in [0.717, 1.165) is 17.3 Å². The maximum Gasteiger partial charge on any atom is 0.0570 e. The molecule has 0 aliphatic carbocycles. The number of ether oxygens (including phenoxy) is 1. The van der Waals surface area contributed by atoms with Crippen LogP contribution in [-0.2, 0) is 4.74 Å². The quantitative estimate of drug-likeness (QED) is 0.891. The Morgan fingerprint density at radius 2 is 1.94 bits per heavy atom. The van der Waals surface area contributed by atoms with E-state index in [4.69, 9.17) is 4.74 Å². The molecule has 3 heteroatoms. The van der Waals surface area contributed by atoms with Crippen LogP contribution in [0.2, 0.25) is 0 Å². The lowest BCUT2D eigenvalue weighted by Crippen LogP contribution is -2.36. The summed E-state index contributed by atoms with van der Waals surface area (Å²) < 4.78 is 6.84. The number of hydrogen-bond acceptors (Lipinski definition) is 2. The summed E-state index contributed by atoms with van der Waals surface area (Å²) in [5, 5.41) is 3.57. The van der Waals surface area contributed by atoms with Gasteiger partial charge in [-0.15, -0.1) is 0 Å². The predicted molar refractivity (Wildman–Crippen MR) is 70.8 cm³/mol. The third-order valence-electron chi connectivity index (χ3n) is 2.89. The van der Waals surface area contributed by atoms with Crippen molar-refractivity contribution < 1.29 is 4.74 Å². The predicted octanol–water partition coefficient (Wildman–Crippen LogP) is 3.82. The van der Waals surface area contributed by atoms with Crippen LogP contribution >= 0.6 is 15.9 Å². The summed E-state index contributed by atoms with van der Waals surface area (Å²) in [6, 6.07) is 8.84. The number of nitrogens with one attached hydrogen (secondary N) is 1. The van der Waals surface area contributed by atoms with Crippen LogP contribution in [0.25, 0.3) is 0 Å². The van der Waals surface area contributed by atoms with Crippen LogP contribution in [0.4, 0.5) is 5.69 Å². The van der Waals surface area contributed by atoms with Gasteiger partial charge >= 0.3 is 0 Å². The van der Waals surface area contributed by atoms with Gasteiger partial charge in [0.25, 0.3) is 0 Å². The van der Waals surface area contributed by atoms with E-state index in [0.29, 0.717) is 18.2 Å². The van der Waals surface area contributed by atoms with E-state index in [1.54, 1.807) is 0 Å². The van der Waals surface area contributed by atoms with Crippen molar-refractivity contribution in [2.45, 2.75) is 44.9 Å². The first-order valence-corrected chi connectivity index (χ1v) is 6.60. The van der Waals surface area contributed by atoms with Crippen molar-refractivity contribution in [2.75, 3.05) is 5.32 Å². The Kier molecular flexibility index (Phi) is 3.87. The van der Waals surface area contributed by atoms with E-state index in [2.05, 4.69) is 53.3 Å². The van der Waals surface area contributed by atoms with E-state index in [1.807, 2.05) is 6.07 Å². The summed E-state index contributed by atoms with van der Waals surface area (Å²) >= 11 is 3.49. The molecule has 88 valence electrons. The van der Waals surface area contributed by atoms with Gasteiger partial charge in [-0.05, 0) is 44.9 Å². The molecular formula is C13H18BrNO. The van der Waals surface area contributed by atoms with Crippen molar-refractivity contribution in [2.24, 2.45) is 0 Å². The van der Waals surface area contributed by atoms with Crippen molar-refractivity contribution in [3.63, 3.8) is 0 Å². The Balaban J connectivity index is 1.98.